The number of carbonyl (C=O) groups is 1. The van der Waals surface area contributed by atoms with Crippen molar-refractivity contribution in [2.75, 3.05) is 24.7 Å². The van der Waals surface area contributed by atoms with E-state index in [0.717, 1.165) is 42.0 Å². The summed E-state index contributed by atoms with van der Waals surface area (Å²) in [5.41, 5.74) is 1.94. The maximum atomic E-state index is 11.0. The molecule has 1 saturated heterocycles. The van der Waals surface area contributed by atoms with Crippen molar-refractivity contribution < 1.29 is 14.6 Å². The van der Waals surface area contributed by atoms with Gasteiger partial charge in [0, 0.05) is 24.2 Å². The van der Waals surface area contributed by atoms with Crippen LogP contribution in [0.15, 0.2) is 30.7 Å². The molecule has 0 spiro atoms. The van der Waals surface area contributed by atoms with Crippen LogP contribution in [0.4, 0.5) is 5.82 Å². The summed E-state index contributed by atoms with van der Waals surface area (Å²) >= 11 is 13.0. The van der Waals surface area contributed by atoms with Crippen molar-refractivity contribution >= 4 is 45.9 Å². The number of imidazole rings is 1. The standard InChI is InChI=1S/C25H30Cl2N4O3/c1-16-13-30(15-28-16)19-12-20(29-23-17(19)6-7-18(26)22(23)27)31-10-5-9-25(31,24(2,3)4)14-34-11-8-21(32)33/h6-7,12-13,15H,5,8-11,14H2,1-4H3,(H,32,33). The Morgan fingerprint density at radius 2 is 2.06 bits per heavy atom. The number of hydrogen-bond acceptors (Lipinski definition) is 5. The van der Waals surface area contributed by atoms with Crippen molar-refractivity contribution in [3.63, 3.8) is 0 Å². The van der Waals surface area contributed by atoms with E-state index in [0.29, 0.717) is 22.2 Å². The number of aromatic nitrogens is 3. The molecule has 7 nitrogen and oxygen atoms in total. The van der Waals surface area contributed by atoms with Gasteiger partial charge in [-0.1, -0.05) is 44.0 Å². The molecule has 1 fully saturated rings. The van der Waals surface area contributed by atoms with Gasteiger partial charge in [0.2, 0.25) is 0 Å². The lowest BCUT2D eigenvalue weighted by molar-refractivity contribution is -0.138. The minimum Gasteiger partial charge on any atom is -0.481 e. The second kappa shape index (κ2) is 9.36. The average molecular weight is 505 g/mol. The summed E-state index contributed by atoms with van der Waals surface area (Å²) in [4.78, 5) is 22.7. The van der Waals surface area contributed by atoms with Crippen LogP contribution in [0, 0.1) is 12.3 Å². The van der Waals surface area contributed by atoms with E-state index in [1.165, 1.54) is 0 Å². The quantitative estimate of drug-likeness (QED) is 0.402. The van der Waals surface area contributed by atoms with Crippen molar-refractivity contribution in [2.45, 2.75) is 52.5 Å². The number of carboxylic acid groups (broad SMARTS) is 1. The largest absolute Gasteiger partial charge is 0.481 e. The second-order valence-electron chi connectivity index (χ2n) is 9.91. The Hall–Kier alpha value is -2.35. The third kappa shape index (κ3) is 4.49. The van der Waals surface area contributed by atoms with Gasteiger partial charge in [-0.2, -0.15) is 0 Å². The summed E-state index contributed by atoms with van der Waals surface area (Å²) in [7, 11) is 0. The van der Waals surface area contributed by atoms with Crippen LogP contribution in [0.2, 0.25) is 10.0 Å². The van der Waals surface area contributed by atoms with E-state index in [1.807, 2.05) is 23.8 Å². The number of nitrogens with zero attached hydrogens (tertiary/aromatic N) is 4. The van der Waals surface area contributed by atoms with Gasteiger partial charge in [-0.05, 0) is 37.3 Å². The lowest BCUT2D eigenvalue weighted by atomic mass is 9.72. The van der Waals surface area contributed by atoms with Gasteiger partial charge in [0.05, 0.1) is 58.4 Å². The normalized spacial score (nSPS) is 18.7. The van der Waals surface area contributed by atoms with E-state index in [9.17, 15) is 4.79 Å². The fraction of sp³-hybridized carbons (Fsp3) is 0.480. The Labute approximate surface area is 209 Å². The number of hydrogen-bond donors (Lipinski definition) is 1. The molecule has 0 amide bonds. The Bertz CT molecular complexity index is 1220. The Balaban J connectivity index is 1.85. The highest BCUT2D eigenvalue weighted by molar-refractivity contribution is 6.45. The van der Waals surface area contributed by atoms with Gasteiger partial charge in [0.15, 0.2) is 0 Å². The zero-order valence-corrected chi connectivity index (χ0v) is 21.4. The van der Waals surface area contributed by atoms with Crippen molar-refractivity contribution in [1.82, 2.24) is 14.5 Å². The third-order valence-electron chi connectivity index (χ3n) is 6.79. The molecule has 3 aromatic rings. The van der Waals surface area contributed by atoms with Gasteiger partial charge in [-0.3, -0.25) is 4.79 Å². The van der Waals surface area contributed by atoms with Crippen molar-refractivity contribution in [3.05, 3.63) is 46.5 Å². The van der Waals surface area contributed by atoms with Crippen LogP contribution in [-0.2, 0) is 9.53 Å². The number of carboxylic acids is 1. The summed E-state index contributed by atoms with van der Waals surface area (Å²) < 4.78 is 7.92. The zero-order valence-electron chi connectivity index (χ0n) is 19.9. The molecule has 0 radical (unpaired) electrons. The highest BCUT2D eigenvalue weighted by Crippen LogP contribution is 2.47. The second-order valence-corrected chi connectivity index (χ2v) is 10.7. The minimum atomic E-state index is -0.865. The van der Waals surface area contributed by atoms with Gasteiger partial charge < -0.3 is 19.3 Å². The molecule has 1 aromatic carbocycles. The molecule has 0 aliphatic carbocycles. The van der Waals surface area contributed by atoms with E-state index >= 15 is 0 Å². The molecule has 1 unspecified atom stereocenters. The first-order valence-electron chi connectivity index (χ1n) is 11.4. The fourth-order valence-corrected chi connectivity index (χ4v) is 5.23. The molecule has 34 heavy (non-hydrogen) atoms. The summed E-state index contributed by atoms with van der Waals surface area (Å²) in [6, 6.07) is 5.78. The number of benzene rings is 1. The van der Waals surface area contributed by atoms with Gasteiger partial charge in [0.25, 0.3) is 0 Å². The van der Waals surface area contributed by atoms with E-state index in [2.05, 4.69) is 36.7 Å². The molecule has 1 N–H and O–H groups in total. The van der Waals surface area contributed by atoms with E-state index in [-0.39, 0.29) is 24.0 Å². The maximum Gasteiger partial charge on any atom is 0.305 e. The number of pyridine rings is 1. The predicted octanol–water partition coefficient (Wildman–Crippen LogP) is 5.91. The molecule has 2 aromatic heterocycles. The lowest BCUT2D eigenvalue weighted by Gasteiger charge is -2.48. The molecular formula is C25H30Cl2N4O3. The number of anilines is 1. The van der Waals surface area contributed by atoms with Crippen LogP contribution >= 0.6 is 23.2 Å². The summed E-state index contributed by atoms with van der Waals surface area (Å²) in [5.74, 6) is -0.0802. The smallest absolute Gasteiger partial charge is 0.305 e. The molecule has 0 saturated carbocycles. The molecule has 0 bridgehead atoms. The van der Waals surface area contributed by atoms with E-state index < -0.39 is 5.97 Å². The lowest BCUT2D eigenvalue weighted by Crippen LogP contribution is -2.57. The number of aryl methyl sites for hydroxylation is 1. The number of rotatable bonds is 7. The van der Waals surface area contributed by atoms with Crippen molar-refractivity contribution in [3.8, 4) is 5.69 Å². The molecule has 4 rings (SSSR count). The molecule has 9 heteroatoms. The fourth-order valence-electron chi connectivity index (χ4n) is 4.87. The highest BCUT2D eigenvalue weighted by Gasteiger charge is 2.50. The first-order chi connectivity index (χ1) is 16.0. The molecule has 3 heterocycles. The minimum absolute atomic E-state index is 0.0211. The number of fused-ring (bicyclic) bond motifs is 1. The van der Waals surface area contributed by atoms with Crippen LogP contribution in [0.3, 0.4) is 0 Å². The van der Waals surface area contributed by atoms with Crippen LogP contribution < -0.4 is 4.90 Å². The zero-order chi connectivity index (χ0) is 24.7. The number of halogens is 2. The third-order valence-corrected chi connectivity index (χ3v) is 7.58. The van der Waals surface area contributed by atoms with Crippen LogP contribution in [0.5, 0.6) is 0 Å². The maximum absolute atomic E-state index is 11.0. The number of ether oxygens (including phenoxy) is 1. The molecule has 1 aliphatic heterocycles. The van der Waals surface area contributed by atoms with E-state index in [1.54, 1.807) is 12.4 Å². The number of aliphatic carboxylic acids is 1. The topological polar surface area (TPSA) is 80.5 Å². The van der Waals surface area contributed by atoms with Gasteiger partial charge in [-0.15, -0.1) is 0 Å². The van der Waals surface area contributed by atoms with E-state index in [4.69, 9.17) is 38.0 Å². The molecular weight excluding hydrogens is 475 g/mol. The summed E-state index contributed by atoms with van der Waals surface area (Å²) in [6.45, 7) is 9.91. The Morgan fingerprint density at radius 1 is 1.29 bits per heavy atom. The van der Waals surface area contributed by atoms with Crippen LogP contribution in [-0.4, -0.2) is 50.9 Å². The molecule has 1 aliphatic rings. The SMILES string of the molecule is Cc1cn(-c2cc(N3CCCC3(COCCC(=O)O)C(C)(C)C)nc3c(Cl)c(Cl)ccc23)cn1. The molecule has 1 atom stereocenters. The summed E-state index contributed by atoms with van der Waals surface area (Å²) in [6.07, 6.45) is 5.62. The van der Waals surface area contributed by atoms with Crippen molar-refractivity contribution in [1.29, 1.82) is 0 Å². The average Bonchev–Trinajstić information content (AvgIpc) is 3.40. The van der Waals surface area contributed by atoms with Crippen molar-refractivity contribution in [2.24, 2.45) is 5.41 Å². The van der Waals surface area contributed by atoms with Gasteiger partial charge in [0.1, 0.15) is 5.82 Å². The molecule has 182 valence electrons. The predicted molar refractivity (Wildman–Crippen MR) is 135 cm³/mol. The van der Waals surface area contributed by atoms with Crippen LogP contribution in [0.1, 0.15) is 45.7 Å². The van der Waals surface area contributed by atoms with Gasteiger partial charge >= 0.3 is 5.97 Å². The summed E-state index contributed by atoms with van der Waals surface area (Å²) in [5, 5.41) is 10.8. The highest BCUT2D eigenvalue weighted by atomic mass is 35.5. The Kier molecular flexibility index (Phi) is 6.82. The van der Waals surface area contributed by atoms with Crippen LogP contribution in [0.25, 0.3) is 16.6 Å². The Morgan fingerprint density at radius 3 is 2.71 bits per heavy atom. The monoisotopic (exact) mass is 504 g/mol. The first kappa shape index (κ1) is 24.8. The first-order valence-corrected chi connectivity index (χ1v) is 12.2. The van der Waals surface area contributed by atoms with Gasteiger partial charge in [-0.25, -0.2) is 9.97 Å².